The molecule has 1 aliphatic carbocycles. The highest BCUT2D eigenvalue weighted by Crippen LogP contribution is 2.43. The van der Waals surface area contributed by atoms with E-state index < -0.39 is 29.6 Å². The van der Waals surface area contributed by atoms with E-state index in [-0.39, 0.29) is 11.8 Å². The average Bonchev–Trinajstić information content (AvgIpc) is 2.73. The highest BCUT2D eigenvalue weighted by Gasteiger charge is 2.55. The number of carbonyl (C=O) groups is 3. The first-order chi connectivity index (χ1) is 10.0. The Labute approximate surface area is 121 Å². The number of hydrogen-bond donors (Lipinski definition) is 1. The number of nitrogens with zero attached hydrogens (tertiary/aromatic N) is 1. The minimum atomic E-state index is -1.07. The Morgan fingerprint density at radius 1 is 1.05 bits per heavy atom. The van der Waals surface area contributed by atoms with Gasteiger partial charge in [-0.25, -0.2) is 0 Å². The molecule has 0 saturated carbocycles. The Morgan fingerprint density at radius 2 is 1.67 bits per heavy atom. The normalized spacial score (nSPS) is 31.4. The fraction of sp³-hybridized carbons (Fsp3) is 0.312. The molecule has 5 nitrogen and oxygen atoms in total. The van der Waals surface area contributed by atoms with Gasteiger partial charge in [-0.1, -0.05) is 37.3 Å². The summed E-state index contributed by atoms with van der Waals surface area (Å²) >= 11 is 0. The highest BCUT2D eigenvalue weighted by atomic mass is 16.4. The molecule has 1 heterocycles. The van der Waals surface area contributed by atoms with Crippen LogP contribution in [0.25, 0.3) is 0 Å². The van der Waals surface area contributed by atoms with E-state index in [1.165, 1.54) is 6.08 Å². The van der Waals surface area contributed by atoms with Crippen molar-refractivity contribution in [3.05, 3.63) is 42.5 Å². The molecule has 0 spiro atoms. The Hall–Kier alpha value is -2.43. The molecule has 1 aromatic rings. The SMILES string of the molecule is C[C@@H]1C=C[C@H](C(=O)O)[C@@H]2C(=O)N(c3ccccc3)C(=O)[C@H]21. The number of amides is 2. The zero-order valence-corrected chi connectivity index (χ0v) is 11.5. The van der Waals surface area contributed by atoms with Crippen LogP contribution in [-0.2, 0) is 14.4 Å². The number of aliphatic carboxylic acids is 1. The fourth-order valence-electron chi connectivity index (χ4n) is 3.24. The molecule has 0 bridgehead atoms. The zero-order chi connectivity index (χ0) is 15.1. The second kappa shape index (κ2) is 4.84. The molecule has 0 unspecified atom stereocenters. The third-order valence-corrected chi connectivity index (χ3v) is 4.27. The second-order valence-corrected chi connectivity index (χ2v) is 5.51. The molecule has 1 fully saturated rings. The number of hydrogen-bond acceptors (Lipinski definition) is 3. The van der Waals surface area contributed by atoms with Gasteiger partial charge in [0.15, 0.2) is 0 Å². The number of allylic oxidation sites excluding steroid dienone is 1. The lowest BCUT2D eigenvalue weighted by atomic mass is 9.72. The van der Waals surface area contributed by atoms with Crippen molar-refractivity contribution in [3.63, 3.8) is 0 Å². The molecule has 2 aliphatic rings. The maximum absolute atomic E-state index is 12.6. The molecule has 4 atom stereocenters. The molecule has 0 aromatic heterocycles. The van der Waals surface area contributed by atoms with Gasteiger partial charge < -0.3 is 5.11 Å². The molecule has 3 rings (SSSR count). The van der Waals surface area contributed by atoms with Gasteiger partial charge in [0.1, 0.15) is 0 Å². The number of benzene rings is 1. The van der Waals surface area contributed by atoms with E-state index in [9.17, 15) is 19.5 Å². The third-order valence-electron chi connectivity index (χ3n) is 4.27. The quantitative estimate of drug-likeness (QED) is 0.663. The first-order valence-electron chi connectivity index (χ1n) is 6.86. The van der Waals surface area contributed by atoms with Crippen molar-refractivity contribution in [1.82, 2.24) is 0 Å². The van der Waals surface area contributed by atoms with Crippen LogP contribution in [0.2, 0.25) is 0 Å². The highest BCUT2D eigenvalue weighted by molar-refractivity contribution is 6.23. The molecule has 21 heavy (non-hydrogen) atoms. The van der Waals surface area contributed by atoms with Gasteiger partial charge in [0.25, 0.3) is 0 Å². The summed E-state index contributed by atoms with van der Waals surface area (Å²) in [6.45, 7) is 1.84. The monoisotopic (exact) mass is 285 g/mol. The van der Waals surface area contributed by atoms with Crippen LogP contribution in [0.15, 0.2) is 42.5 Å². The smallest absolute Gasteiger partial charge is 0.311 e. The maximum Gasteiger partial charge on any atom is 0.311 e. The van der Waals surface area contributed by atoms with Gasteiger partial charge >= 0.3 is 5.97 Å². The van der Waals surface area contributed by atoms with Crippen molar-refractivity contribution < 1.29 is 19.5 Å². The molecule has 1 saturated heterocycles. The summed E-state index contributed by atoms with van der Waals surface area (Å²) in [6, 6.07) is 8.65. The van der Waals surface area contributed by atoms with E-state index in [0.29, 0.717) is 5.69 Å². The molecule has 108 valence electrons. The molecular formula is C16H15NO4. The molecule has 5 heteroatoms. The van der Waals surface area contributed by atoms with Gasteiger partial charge in [0, 0.05) is 0 Å². The minimum Gasteiger partial charge on any atom is -0.481 e. The topological polar surface area (TPSA) is 74.7 Å². The first kappa shape index (κ1) is 13.5. The first-order valence-corrected chi connectivity index (χ1v) is 6.86. The molecule has 1 aromatic carbocycles. The Morgan fingerprint density at radius 3 is 2.29 bits per heavy atom. The van der Waals surface area contributed by atoms with Crippen LogP contribution in [-0.4, -0.2) is 22.9 Å². The van der Waals surface area contributed by atoms with Crippen molar-refractivity contribution in [2.45, 2.75) is 6.92 Å². The van der Waals surface area contributed by atoms with Crippen molar-refractivity contribution in [2.75, 3.05) is 4.90 Å². The van der Waals surface area contributed by atoms with Crippen molar-refractivity contribution in [1.29, 1.82) is 0 Å². The number of carbonyl (C=O) groups excluding carboxylic acids is 2. The van der Waals surface area contributed by atoms with Crippen molar-refractivity contribution >= 4 is 23.5 Å². The number of fused-ring (bicyclic) bond motifs is 1. The Balaban J connectivity index is 2.05. The van der Waals surface area contributed by atoms with E-state index in [1.54, 1.807) is 36.4 Å². The van der Waals surface area contributed by atoms with Gasteiger partial charge in [0.05, 0.1) is 23.4 Å². The number of carboxylic acids is 1. The average molecular weight is 285 g/mol. The summed E-state index contributed by atoms with van der Waals surface area (Å²) in [4.78, 5) is 37.7. The van der Waals surface area contributed by atoms with E-state index in [0.717, 1.165) is 4.90 Å². The fourth-order valence-corrected chi connectivity index (χ4v) is 3.24. The van der Waals surface area contributed by atoms with E-state index in [2.05, 4.69) is 0 Å². The molecule has 1 N–H and O–H groups in total. The van der Waals surface area contributed by atoms with Gasteiger partial charge in [-0.05, 0) is 18.1 Å². The van der Waals surface area contributed by atoms with Crippen LogP contribution in [0.1, 0.15) is 6.92 Å². The van der Waals surface area contributed by atoms with Crippen LogP contribution < -0.4 is 4.90 Å². The lowest BCUT2D eigenvalue weighted by molar-refractivity contribution is -0.145. The summed E-state index contributed by atoms with van der Waals surface area (Å²) in [5.41, 5.74) is 0.498. The number of carboxylic acid groups (broad SMARTS) is 1. The number of anilines is 1. The van der Waals surface area contributed by atoms with Crippen molar-refractivity contribution in [2.24, 2.45) is 23.7 Å². The third kappa shape index (κ3) is 1.96. The predicted molar refractivity (Wildman–Crippen MR) is 75.3 cm³/mol. The van der Waals surface area contributed by atoms with Crippen LogP contribution in [0.4, 0.5) is 5.69 Å². The van der Waals surface area contributed by atoms with E-state index in [1.807, 2.05) is 6.92 Å². The van der Waals surface area contributed by atoms with Crippen LogP contribution >= 0.6 is 0 Å². The van der Waals surface area contributed by atoms with Crippen LogP contribution in [0, 0.1) is 23.7 Å². The van der Waals surface area contributed by atoms with E-state index >= 15 is 0 Å². The summed E-state index contributed by atoms with van der Waals surface area (Å²) in [5, 5.41) is 9.30. The number of para-hydroxylation sites is 1. The standard InChI is InChI=1S/C16H15NO4/c1-9-7-8-11(16(20)21)13-12(9)14(18)17(15(13)19)10-5-3-2-4-6-10/h2-9,11-13H,1H3,(H,20,21)/t9-,11+,12+,13+/m1/s1. The predicted octanol–water partition coefficient (Wildman–Crippen LogP) is 1.70. The summed E-state index contributed by atoms with van der Waals surface area (Å²) in [7, 11) is 0. The molecular weight excluding hydrogens is 270 g/mol. The van der Waals surface area contributed by atoms with Gasteiger partial charge in [-0.15, -0.1) is 0 Å². The van der Waals surface area contributed by atoms with Crippen molar-refractivity contribution in [3.8, 4) is 0 Å². The maximum atomic E-state index is 12.6. The largest absolute Gasteiger partial charge is 0.481 e. The summed E-state index contributed by atoms with van der Waals surface area (Å²) in [6.07, 6.45) is 3.26. The Bertz CT molecular complexity index is 637. The lowest BCUT2D eigenvalue weighted by Crippen LogP contribution is -2.36. The van der Waals surface area contributed by atoms with Gasteiger partial charge in [-0.2, -0.15) is 0 Å². The van der Waals surface area contributed by atoms with E-state index in [4.69, 9.17) is 0 Å². The van der Waals surface area contributed by atoms with Crippen LogP contribution in [0.5, 0.6) is 0 Å². The lowest BCUT2D eigenvalue weighted by Gasteiger charge is -2.27. The zero-order valence-electron chi connectivity index (χ0n) is 11.5. The second-order valence-electron chi connectivity index (χ2n) is 5.51. The number of imide groups is 1. The molecule has 2 amide bonds. The number of rotatable bonds is 2. The van der Waals surface area contributed by atoms with Gasteiger partial charge in [-0.3, -0.25) is 19.3 Å². The van der Waals surface area contributed by atoms with Crippen LogP contribution in [0.3, 0.4) is 0 Å². The Kier molecular flexibility index (Phi) is 3.12. The molecule has 1 aliphatic heterocycles. The molecule has 0 radical (unpaired) electrons. The minimum absolute atomic E-state index is 0.143. The summed E-state index contributed by atoms with van der Waals surface area (Å²) < 4.78 is 0. The summed E-state index contributed by atoms with van der Waals surface area (Å²) in [5.74, 6) is -4.27. The van der Waals surface area contributed by atoms with Gasteiger partial charge in [0.2, 0.25) is 11.8 Å².